The van der Waals surface area contributed by atoms with E-state index in [9.17, 15) is 9.59 Å². The summed E-state index contributed by atoms with van der Waals surface area (Å²) in [6, 6.07) is 7.69. The highest BCUT2D eigenvalue weighted by atomic mass is 16.5. The van der Waals surface area contributed by atoms with Gasteiger partial charge in [0.15, 0.2) is 5.78 Å². The Labute approximate surface area is 173 Å². The number of carbonyl (C=O) groups is 2. The number of allylic oxidation sites excluding steroid dienone is 3. The molecule has 3 rings (SSSR count). The van der Waals surface area contributed by atoms with Gasteiger partial charge in [0.2, 0.25) is 0 Å². The Kier molecular flexibility index (Phi) is 6.15. The van der Waals surface area contributed by atoms with Crippen molar-refractivity contribution in [3.63, 3.8) is 0 Å². The minimum atomic E-state index is -0.484. The first-order chi connectivity index (χ1) is 13.8. The molecular formula is C24H31NO4. The number of hydrogen-bond donors (Lipinski definition) is 1. The zero-order valence-corrected chi connectivity index (χ0v) is 18.1. The lowest BCUT2D eigenvalue weighted by molar-refractivity contribution is -0.138. The molecular weight excluding hydrogens is 366 g/mol. The Bertz CT molecular complexity index is 879. The Balaban J connectivity index is 2.19. The highest BCUT2D eigenvalue weighted by molar-refractivity contribution is 6.04. The molecule has 0 amide bonds. The number of hydrogen-bond acceptors (Lipinski definition) is 5. The van der Waals surface area contributed by atoms with E-state index < -0.39 is 11.9 Å². The van der Waals surface area contributed by atoms with Crippen LogP contribution in [0.4, 0.5) is 0 Å². The van der Waals surface area contributed by atoms with Gasteiger partial charge < -0.3 is 14.8 Å². The van der Waals surface area contributed by atoms with Gasteiger partial charge in [0.1, 0.15) is 5.75 Å². The quantitative estimate of drug-likeness (QED) is 0.708. The number of ether oxygens (including phenoxy) is 2. The summed E-state index contributed by atoms with van der Waals surface area (Å²) < 4.78 is 11.4. The number of para-hydroxylation sites is 1. The van der Waals surface area contributed by atoms with E-state index in [0.717, 1.165) is 29.8 Å². The van der Waals surface area contributed by atoms with Crippen LogP contribution in [0.3, 0.4) is 0 Å². The molecule has 1 aromatic rings. The summed E-state index contributed by atoms with van der Waals surface area (Å²) in [4.78, 5) is 26.2. The Morgan fingerprint density at radius 2 is 1.93 bits per heavy atom. The maximum absolute atomic E-state index is 13.3. The number of ketones is 1. The number of carbonyl (C=O) groups excluding carboxylic acids is 2. The predicted octanol–water partition coefficient (Wildman–Crippen LogP) is 4.64. The van der Waals surface area contributed by atoms with E-state index in [2.05, 4.69) is 26.1 Å². The second-order valence-electron chi connectivity index (χ2n) is 8.54. The first-order valence-electron chi connectivity index (χ1n) is 10.4. The van der Waals surface area contributed by atoms with Crippen molar-refractivity contribution in [3.05, 3.63) is 52.4 Å². The summed E-state index contributed by atoms with van der Waals surface area (Å²) >= 11 is 0. The molecule has 1 heterocycles. The van der Waals surface area contributed by atoms with Crippen LogP contribution in [-0.2, 0) is 14.3 Å². The summed E-state index contributed by atoms with van der Waals surface area (Å²) in [6.45, 7) is 10.8. The molecule has 1 aliphatic carbocycles. The largest absolute Gasteiger partial charge is 0.493 e. The second kappa shape index (κ2) is 8.44. The van der Waals surface area contributed by atoms with Crippen molar-refractivity contribution in [2.24, 2.45) is 5.41 Å². The molecule has 5 nitrogen and oxygen atoms in total. The van der Waals surface area contributed by atoms with Gasteiger partial charge in [-0.25, -0.2) is 4.79 Å². The lowest BCUT2D eigenvalue weighted by Crippen LogP contribution is -2.38. The average Bonchev–Trinajstić information content (AvgIpc) is 2.64. The van der Waals surface area contributed by atoms with Crippen LogP contribution >= 0.6 is 0 Å². The Morgan fingerprint density at radius 1 is 1.21 bits per heavy atom. The van der Waals surface area contributed by atoms with E-state index in [1.807, 2.05) is 31.2 Å². The molecule has 1 aliphatic heterocycles. The van der Waals surface area contributed by atoms with Crippen molar-refractivity contribution in [2.75, 3.05) is 13.2 Å². The van der Waals surface area contributed by atoms with Crippen molar-refractivity contribution in [2.45, 2.75) is 59.8 Å². The van der Waals surface area contributed by atoms with Crippen molar-refractivity contribution in [3.8, 4) is 5.75 Å². The number of dihydropyridines is 1. The number of nitrogens with one attached hydrogen (secondary N) is 1. The lowest BCUT2D eigenvalue weighted by Gasteiger charge is -2.39. The Hall–Kier alpha value is -2.56. The van der Waals surface area contributed by atoms with Crippen LogP contribution in [0.2, 0.25) is 0 Å². The number of rotatable bonds is 6. The van der Waals surface area contributed by atoms with Crippen molar-refractivity contribution in [1.29, 1.82) is 0 Å². The third-order valence-electron chi connectivity index (χ3n) is 5.43. The highest BCUT2D eigenvalue weighted by Gasteiger charge is 2.43. The molecule has 0 spiro atoms. The van der Waals surface area contributed by atoms with E-state index in [-0.39, 0.29) is 17.8 Å². The highest BCUT2D eigenvalue weighted by Crippen LogP contribution is 2.48. The fraction of sp³-hybridized carbons (Fsp3) is 0.500. The van der Waals surface area contributed by atoms with Crippen LogP contribution in [0.25, 0.3) is 0 Å². The number of esters is 1. The van der Waals surface area contributed by atoms with Gasteiger partial charge in [0.05, 0.1) is 24.7 Å². The topological polar surface area (TPSA) is 64.6 Å². The third kappa shape index (κ3) is 4.24. The van der Waals surface area contributed by atoms with Crippen LogP contribution in [0.5, 0.6) is 5.75 Å². The van der Waals surface area contributed by atoms with E-state index in [1.165, 1.54) is 0 Å². The lowest BCUT2D eigenvalue weighted by atomic mass is 9.68. The SMILES string of the molecule is CCCOc1ccccc1[C@@H]1C(C(=O)OCC)=C(C)NC2=C1C(=O)CC(C)(C)C2. The summed E-state index contributed by atoms with van der Waals surface area (Å²) in [7, 11) is 0. The van der Waals surface area contributed by atoms with Crippen LogP contribution < -0.4 is 10.1 Å². The fourth-order valence-electron chi connectivity index (χ4n) is 4.29. The Morgan fingerprint density at radius 3 is 2.62 bits per heavy atom. The maximum atomic E-state index is 13.3. The summed E-state index contributed by atoms with van der Waals surface area (Å²) in [5.41, 5.74) is 3.53. The summed E-state index contributed by atoms with van der Waals surface area (Å²) in [6.07, 6.45) is 2.09. The predicted molar refractivity (Wildman–Crippen MR) is 112 cm³/mol. The van der Waals surface area contributed by atoms with Gasteiger partial charge in [0, 0.05) is 29.0 Å². The molecule has 29 heavy (non-hydrogen) atoms. The fourth-order valence-corrected chi connectivity index (χ4v) is 4.29. The molecule has 1 atom stereocenters. The molecule has 0 radical (unpaired) electrons. The molecule has 0 aromatic heterocycles. The monoisotopic (exact) mass is 397 g/mol. The molecule has 0 fully saturated rings. The van der Waals surface area contributed by atoms with Gasteiger partial charge in [-0.3, -0.25) is 4.79 Å². The van der Waals surface area contributed by atoms with Gasteiger partial charge in [-0.1, -0.05) is 39.0 Å². The van der Waals surface area contributed by atoms with E-state index in [4.69, 9.17) is 9.47 Å². The molecule has 0 saturated heterocycles. The molecule has 0 bridgehead atoms. The number of Topliss-reactive ketones (excluding diaryl/α,β-unsaturated/α-hetero) is 1. The van der Waals surface area contributed by atoms with Crippen LogP contribution in [-0.4, -0.2) is 25.0 Å². The first-order valence-corrected chi connectivity index (χ1v) is 10.4. The minimum Gasteiger partial charge on any atom is -0.493 e. The molecule has 0 saturated carbocycles. The van der Waals surface area contributed by atoms with Crippen molar-refractivity contribution in [1.82, 2.24) is 5.32 Å². The molecule has 1 aromatic carbocycles. The minimum absolute atomic E-state index is 0.0772. The standard InChI is InChI=1S/C24H31NO4/c1-6-12-29-19-11-9-8-10-16(19)21-20(23(27)28-7-2)15(3)25-17-13-24(4,5)14-18(26)22(17)21/h8-11,21,25H,6-7,12-14H2,1-5H3/t21-/m1/s1. The van der Waals surface area contributed by atoms with Gasteiger partial charge in [-0.05, 0) is 38.2 Å². The third-order valence-corrected chi connectivity index (χ3v) is 5.43. The van der Waals surface area contributed by atoms with Gasteiger partial charge in [-0.2, -0.15) is 0 Å². The molecule has 156 valence electrons. The van der Waals surface area contributed by atoms with E-state index >= 15 is 0 Å². The normalized spacial score (nSPS) is 20.9. The van der Waals surface area contributed by atoms with Crippen LogP contribution in [0.15, 0.2) is 46.8 Å². The van der Waals surface area contributed by atoms with Crippen molar-refractivity contribution < 1.29 is 19.1 Å². The average molecular weight is 398 g/mol. The molecule has 2 aliphatic rings. The van der Waals surface area contributed by atoms with Crippen LogP contribution in [0.1, 0.15) is 65.4 Å². The maximum Gasteiger partial charge on any atom is 0.336 e. The molecule has 0 unspecified atom stereocenters. The first kappa shape index (κ1) is 21.2. The smallest absolute Gasteiger partial charge is 0.336 e. The zero-order valence-electron chi connectivity index (χ0n) is 18.1. The second-order valence-corrected chi connectivity index (χ2v) is 8.54. The number of benzene rings is 1. The van der Waals surface area contributed by atoms with Gasteiger partial charge in [-0.15, -0.1) is 0 Å². The molecule has 1 N–H and O–H groups in total. The van der Waals surface area contributed by atoms with Crippen LogP contribution in [0, 0.1) is 5.41 Å². The van der Waals surface area contributed by atoms with Gasteiger partial charge >= 0.3 is 5.97 Å². The van der Waals surface area contributed by atoms with E-state index in [0.29, 0.717) is 29.9 Å². The molecule has 5 heteroatoms. The summed E-state index contributed by atoms with van der Waals surface area (Å²) in [5.74, 6) is -0.0902. The van der Waals surface area contributed by atoms with E-state index in [1.54, 1.807) is 6.92 Å². The zero-order chi connectivity index (χ0) is 21.2. The van der Waals surface area contributed by atoms with Crippen molar-refractivity contribution >= 4 is 11.8 Å². The summed E-state index contributed by atoms with van der Waals surface area (Å²) in [5, 5.41) is 3.35. The van der Waals surface area contributed by atoms with Gasteiger partial charge in [0.25, 0.3) is 0 Å².